The number of methoxy groups -OCH3 is 1. The lowest BCUT2D eigenvalue weighted by molar-refractivity contribution is -0.776. The van der Waals surface area contributed by atoms with E-state index in [-0.39, 0.29) is 23.0 Å². The summed E-state index contributed by atoms with van der Waals surface area (Å²) in [7, 11) is 1.13. The maximum absolute atomic E-state index is 12.9. The average molecular weight is 646 g/mol. The first-order valence-electron chi connectivity index (χ1n) is 13.0. The van der Waals surface area contributed by atoms with E-state index in [0.717, 1.165) is 39.9 Å². The number of aromatic nitrogens is 1. The van der Waals surface area contributed by atoms with Crippen molar-refractivity contribution in [3.8, 4) is 0 Å². The highest BCUT2D eigenvalue weighted by atomic mass is 79.9. The molecule has 3 heterocycles. The Morgan fingerprint density at radius 3 is 2.10 bits per heavy atom. The van der Waals surface area contributed by atoms with Crippen LogP contribution in [-0.4, -0.2) is 78.5 Å². The molecule has 1 aromatic rings. The summed E-state index contributed by atoms with van der Waals surface area (Å²) in [4.78, 5) is 63.4. The van der Waals surface area contributed by atoms with Crippen molar-refractivity contribution < 1.29 is 73.9 Å². The minimum Gasteiger partial charge on any atom is -1.00 e. The number of hydrogen-bond acceptors (Lipinski definition) is 11. The number of likely N-dealkylation sites (tertiary alicyclic amines) is 1. The fourth-order valence-corrected chi connectivity index (χ4v) is 4.85. The van der Waals surface area contributed by atoms with Crippen LogP contribution >= 0.6 is 0 Å². The summed E-state index contributed by atoms with van der Waals surface area (Å²) < 4.78 is 34.4. The molecule has 2 aliphatic heterocycles. The summed E-state index contributed by atoms with van der Waals surface area (Å²) in [6, 6.07) is 3.23. The van der Waals surface area contributed by atoms with Crippen LogP contribution in [0.3, 0.4) is 0 Å². The second-order valence-corrected chi connectivity index (χ2v) is 10.6. The maximum atomic E-state index is 12.9. The second-order valence-electron chi connectivity index (χ2n) is 10.6. The van der Waals surface area contributed by atoms with Crippen LogP contribution in [0.4, 0.5) is 4.79 Å². The number of esters is 4. The van der Waals surface area contributed by atoms with Crippen LogP contribution in [0.15, 0.2) is 24.5 Å². The number of carbonyl (C=O) groups is 5. The highest BCUT2D eigenvalue weighted by molar-refractivity contribution is 5.77. The van der Waals surface area contributed by atoms with Crippen molar-refractivity contribution in [2.24, 2.45) is 0 Å². The van der Waals surface area contributed by atoms with Gasteiger partial charge in [-0.15, -0.1) is 0 Å². The summed E-state index contributed by atoms with van der Waals surface area (Å²) in [6.45, 7) is 9.29. The Labute approximate surface area is 249 Å². The Kier molecular flexibility index (Phi) is 11.7. The molecule has 1 amide bonds. The third-order valence-corrected chi connectivity index (χ3v) is 6.26. The molecule has 0 radical (unpaired) electrons. The molecule has 0 aromatic carbocycles. The van der Waals surface area contributed by atoms with Gasteiger partial charge in [0, 0.05) is 38.9 Å². The van der Waals surface area contributed by atoms with Crippen molar-refractivity contribution in [2.75, 3.05) is 13.7 Å². The van der Waals surface area contributed by atoms with Crippen LogP contribution in [0.1, 0.15) is 72.2 Å². The van der Waals surface area contributed by atoms with Gasteiger partial charge in [-0.1, -0.05) is 0 Å². The van der Waals surface area contributed by atoms with Gasteiger partial charge in [-0.2, -0.15) is 4.57 Å². The number of hydrogen-bond donors (Lipinski definition) is 0. The monoisotopic (exact) mass is 644 g/mol. The van der Waals surface area contributed by atoms with Gasteiger partial charge in [0.2, 0.25) is 12.2 Å². The van der Waals surface area contributed by atoms with E-state index >= 15 is 0 Å². The summed E-state index contributed by atoms with van der Waals surface area (Å²) >= 11 is 0. The van der Waals surface area contributed by atoms with Crippen LogP contribution in [0.2, 0.25) is 0 Å². The van der Waals surface area contributed by atoms with Crippen molar-refractivity contribution in [3.63, 3.8) is 0 Å². The minimum atomic E-state index is -1.52. The highest BCUT2D eigenvalue weighted by Crippen LogP contribution is 2.35. The van der Waals surface area contributed by atoms with Crippen LogP contribution in [0, 0.1) is 0 Å². The fourth-order valence-electron chi connectivity index (χ4n) is 4.85. The van der Waals surface area contributed by atoms with Gasteiger partial charge in [0.05, 0.1) is 13.2 Å². The molecule has 2 aliphatic rings. The molecule has 0 aliphatic carbocycles. The SMILES string of the molecule is COC(=O)C1OC([n+]2cccc(C3CCCN3C(=O)OC(C)(C)C)c2)C(OC(C)=O)C(OC(C)=O)C1OC(C)=O.[Br-]. The summed E-state index contributed by atoms with van der Waals surface area (Å²) in [6.07, 6.45) is -2.61. The van der Waals surface area contributed by atoms with Crippen molar-refractivity contribution >= 4 is 30.0 Å². The molecule has 6 atom stereocenters. The fraction of sp³-hybridized carbons (Fsp3) is 0.630. The zero-order valence-electron chi connectivity index (χ0n) is 24.2. The van der Waals surface area contributed by atoms with E-state index in [4.69, 9.17) is 28.4 Å². The quantitative estimate of drug-likeness (QED) is 0.211. The zero-order chi connectivity index (χ0) is 29.8. The molecule has 6 unspecified atom stereocenters. The first-order chi connectivity index (χ1) is 18.7. The van der Waals surface area contributed by atoms with Gasteiger partial charge in [0.25, 0.3) is 0 Å². The molecule has 0 N–H and O–H groups in total. The first-order valence-corrected chi connectivity index (χ1v) is 13.0. The molecule has 228 valence electrons. The van der Waals surface area contributed by atoms with Gasteiger partial charge in [0.1, 0.15) is 5.60 Å². The number of carbonyl (C=O) groups excluding carboxylic acids is 5. The van der Waals surface area contributed by atoms with Crippen molar-refractivity contribution in [2.45, 2.75) is 96.7 Å². The number of ether oxygens (including phenoxy) is 6. The summed E-state index contributed by atoms with van der Waals surface area (Å²) in [5.41, 5.74) is 0.0676. The number of rotatable bonds is 6. The zero-order valence-corrected chi connectivity index (χ0v) is 25.7. The second kappa shape index (κ2) is 14.1. The molecule has 1 aromatic heterocycles. The molecule has 13 nitrogen and oxygen atoms in total. The summed E-state index contributed by atoms with van der Waals surface area (Å²) in [5.74, 6) is -3.16. The largest absolute Gasteiger partial charge is 1.00 e. The number of amides is 1. The van der Waals surface area contributed by atoms with E-state index in [0.29, 0.717) is 13.0 Å². The van der Waals surface area contributed by atoms with Crippen molar-refractivity contribution in [1.29, 1.82) is 0 Å². The smallest absolute Gasteiger partial charge is 0.410 e. The Hall–Kier alpha value is -3.26. The minimum absolute atomic E-state index is 0. The lowest BCUT2D eigenvalue weighted by Gasteiger charge is -2.41. The molecular weight excluding hydrogens is 608 g/mol. The molecule has 41 heavy (non-hydrogen) atoms. The Balaban J connectivity index is 0.00000588. The van der Waals surface area contributed by atoms with Crippen LogP contribution < -0.4 is 21.5 Å². The topological polar surface area (TPSA) is 148 Å². The van der Waals surface area contributed by atoms with Gasteiger partial charge < -0.3 is 45.6 Å². The number of pyridine rings is 1. The predicted octanol–water partition coefficient (Wildman–Crippen LogP) is -1.08. The van der Waals surface area contributed by atoms with E-state index < -0.39 is 66.2 Å². The molecule has 2 saturated heterocycles. The van der Waals surface area contributed by atoms with E-state index in [2.05, 4.69) is 0 Å². The highest BCUT2D eigenvalue weighted by Gasteiger charge is 2.58. The van der Waals surface area contributed by atoms with E-state index in [1.54, 1.807) is 48.7 Å². The van der Waals surface area contributed by atoms with Crippen molar-refractivity contribution in [3.05, 3.63) is 30.1 Å². The Bertz CT molecular complexity index is 1140. The van der Waals surface area contributed by atoms with Gasteiger partial charge in [-0.25, -0.2) is 9.59 Å². The van der Waals surface area contributed by atoms with Crippen LogP contribution in [0.25, 0.3) is 0 Å². The molecule has 0 bridgehead atoms. The number of halogens is 1. The van der Waals surface area contributed by atoms with E-state index in [1.807, 2.05) is 6.07 Å². The molecule has 2 fully saturated rings. The predicted molar refractivity (Wildman–Crippen MR) is 134 cm³/mol. The van der Waals surface area contributed by atoms with Gasteiger partial charge in [-0.05, 0) is 39.7 Å². The standard InChI is InChI=1S/C27H37N2O11.BrH/c1-15(30)36-20-21(37-16(2)31)23(25(33)35-7)39-24(22(20)38-17(3)32)28-12-8-10-18(14-28)19-11-9-13-29(19)26(34)40-27(4,5)6;/h8,10,12,14,19-24H,9,11,13H2,1-7H3;1H/q+1;/p-1. The first kappa shape index (κ1) is 33.9. The lowest BCUT2D eigenvalue weighted by Crippen LogP contribution is -3.00. The summed E-state index contributed by atoms with van der Waals surface area (Å²) in [5, 5.41) is 0. The molecule has 0 saturated carbocycles. The molecular formula is C27H37BrN2O11. The van der Waals surface area contributed by atoms with Crippen LogP contribution in [0.5, 0.6) is 0 Å². The normalized spacial score (nSPS) is 25.8. The van der Waals surface area contributed by atoms with E-state index in [9.17, 15) is 24.0 Å². The lowest BCUT2D eigenvalue weighted by atomic mass is 9.96. The molecule has 3 rings (SSSR count). The Morgan fingerprint density at radius 2 is 1.54 bits per heavy atom. The number of nitrogens with zero attached hydrogens (tertiary/aromatic N) is 2. The Morgan fingerprint density at radius 1 is 0.951 bits per heavy atom. The van der Waals surface area contributed by atoms with Gasteiger partial charge >= 0.3 is 36.2 Å². The third-order valence-electron chi connectivity index (χ3n) is 6.26. The third kappa shape index (κ3) is 8.62. The van der Waals surface area contributed by atoms with Crippen LogP contribution in [-0.2, 0) is 47.6 Å². The maximum Gasteiger partial charge on any atom is 0.410 e. The average Bonchev–Trinajstić information content (AvgIpc) is 3.34. The van der Waals surface area contributed by atoms with E-state index in [1.165, 1.54) is 0 Å². The molecule has 0 spiro atoms. The van der Waals surface area contributed by atoms with Gasteiger partial charge in [-0.3, -0.25) is 19.1 Å². The van der Waals surface area contributed by atoms with Crippen molar-refractivity contribution in [1.82, 2.24) is 4.90 Å². The van der Waals surface area contributed by atoms with Gasteiger partial charge in [0.15, 0.2) is 24.6 Å². The molecule has 14 heteroatoms.